The van der Waals surface area contributed by atoms with Crippen LogP contribution < -0.4 is 0 Å². The Hall–Kier alpha value is -0.240. The summed E-state index contributed by atoms with van der Waals surface area (Å²) >= 11 is 0. The van der Waals surface area contributed by atoms with Crippen molar-refractivity contribution in [2.75, 3.05) is 13.7 Å². The third-order valence-electron chi connectivity index (χ3n) is 5.17. The van der Waals surface area contributed by atoms with E-state index in [-0.39, 0.29) is 6.29 Å². The van der Waals surface area contributed by atoms with Gasteiger partial charge in [-0.3, -0.25) is 0 Å². The van der Waals surface area contributed by atoms with Crippen molar-refractivity contribution in [3.05, 3.63) is 0 Å². The highest BCUT2D eigenvalue weighted by atomic mass is 16.7. The summed E-state index contributed by atoms with van der Waals surface area (Å²) in [6.45, 7) is 2.60. The fourth-order valence-electron chi connectivity index (χ4n) is 3.59. The number of aliphatic hydroxyl groups is 2. The first-order valence-corrected chi connectivity index (χ1v) is 9.98. The monoisotopic (exact) mass is 360 g/mol. The summed E-state index contributed by atoms with van der Waals surface area (Å²) < 4.78 is 22.2. The van der Waals surface area contributed by atoms with Gasteiger partial charge >= 0.3 is 0 Å². The van der Waals surface area contributed by atoms with Gasteiger partial charge in [-0.2, -0.15) is 0 Å². The molecule has 6 nitrogen and oxygen atoms in total. The molecule has 0 amide bonds. The van der Waals surface area contributed by atoms with E-state index in [1.54, 1.807) is 0 Å². The van der Waals surface area contributed by atoms with Gasteiger partial charge in [-0.25, -0.2) is 0 Å². The third kappa shape index (κ3) is 6.45. The number of rotatable bonds is 11. The zero-order valence-corrected chi connectivity index (χ0v) is 15.8. The van der Waals surface area contributed by atoms with Crippen LogP contribution in [0.15, 0.2) is 0 Å². The van der Waals surface area contributed by atoms with Crippen LogP contribution in [0.4, 0.5) is 0 Å². The number of hydrogen-bond donors (Lipinski definition) is 2. The lowest BCUT2D eigenvalue weighted by atomic mass is 9.98. The first-order valence-electron chi connectivity index (χ1n) is 9.98. The van der Waals surface area contributed by atoms with Crippen LogP contribution in [-0.4, -0.2) is 60.9 Å². The molecule has 2 saturated heterocycles. The molecule has 0 aromatic carbocycles. The van der Waals surface area contributed by atoms with Crippen LogP contribution in [0.5, 0.6) is 0 Å². The maximum absolute atomic E-state index is 10.2. The molecule has 0 bridgehead atoms. The Bertz CT molecular complexity index is 351. The summed E-state index contributed by atoms with van der Waals surface area (Å²) in [7, 11) is 1.44. The van der Waals surface area contributed by atoms with Crippen LogP contribution in [0.2, 0.25) is 0 Å². The lowest BCUT2D eigenvalue weighted by Gasteiger charge is -2.45. The van der Waals surface area contributed by atoms with E-state index in [1.165, 1.54) is 58.5 Å². The molecule has 0 spiro atoms. The molecule has 148 valence electrons. The van der Waals surface area contributed by atoms with E-state index in [4.69, 9.17) is 18.9 Å². The molecule has 2 N–H and O–H groups in total. The normalized spacial score (nSPS) is 35.5. The van der Waals surface area contributed by atoms with Crippen LogP contribution in [-0.2, 0) is 18.9 Å². The summed E-state index contributed by atoms with van der Waals surface area (Å²) in [4.78, 5) is 0. The Morgan fingerprint density at radius 1 is 0.880 bits per heavy atom. The fraction of sp³-hybridized carbons (Fsp3) is 1.00. The van der Waals surface area contributed by atoms with Crippen LogP contribution >= 0.6 is 0 Å². The van der Waals surface area contributed by atoms with Crippen molar-refractivity contribution >= 4 is 0 Å². The molecule has 6 atom stereocenters. The molecule has 2 rings (SSSR count). The summed E-state index contributed by atoms with van der Waals surface area (Å²) in [5, 5.41) is 20.2. The van der Waals surface area contributed by atoms with E-state index in [1.807, 2.05) is 0 Å². The lowest BCUT2D eigenvalue weighted by molar-refractivity contribution is -0.356. The molecule has 0 unspecified atom stereocenters. The second kappa shape index (κ2) is 11.5. The van der Waals surface area contributed by atoms with Gasteiger partial charge in [0.05, 0.1) is 6.61 Å². The van der Waals surface area contributed by atoms with Crippen molar-refractivity contribution < 1.29 is 29.2 Å². The molecule has 0 saturated carbocycles. The van der Waals surface area contributed by atoms with Gasteiger partial charge in [0.25, 0.3) is 0 Å². The number of methoxy groups -OCH3 is 1. The number of ether oxygens (including phenoxy) is 4. The molecule has 6 heteroatoms. The Labute approximate surface area is 151 Å². The molecule has 2 fully saturated rings. The molecule has 2 aliphatic heterocycles. The molecule has 0 aromatic rings. The minimum atomic E-state index is -1.10. The highest BCUT2D eigenvalue weighted by Gasteiger charge is 2.48. The van der Waals surface area contributed by atoms with E-state index < -0.39 is 30.7 Å². The summed E-state index contributed by atoms with van der Waals surface area (Å²) in [5.41, 5.74) is 0. The van der Waals surface area contributed by atoms with Crippen molar-refractivity contribution in [3.63, 3.8) is 0 Å². The number of aliphatic hydroxyl groups excluding tert-OH is 2. The van der Waals surface area contributed by atoms with E-state index in [0.717, 1.165) is 12.8 Å². The van der Waals surface area contributed by atoms with E-state index in [2.05, 4.69) is 6.92 Å². The Balaban J connectivity index is 1.58. The van der Waals surface area contributed by atoms with Gasteiger partial charge in [0, 0.05) is 7.11 Å². The highest BCUT2D eigenvalue weighted by Crippen LogP contribution is 2.30. The molecule has 2 heterocycles. The summed E-state index contributed by atoms with van der Waals surface area (Å²) in [5.74, 6) is 0. The van der Waals surface area contributed by atoms with Crippen molar-refractivity contribution in [2.45, 2.75) is 108 Å². The van der Waals surface area contributed by atoms with Crippen LogP contribution in [0.3, 0.4) is 0 Å². The molecule has 0 aliphatic carbocycles. The number of unbranched alkanes of at least 4 members (excludes halogenated alkanes) is 8. The third-order valence-corrected chi connectivity index (χ3v) is 5.17. The number of hydrogen-bond acceptors (Lipinski definition) is 6. The van der Waals surface area contributed by atoms with Gasteiger partial charge < -0.3 is 29.2 Å². The minimum Gasteiger partial charge on any atom is -0.387 e. The van der Waals surface area contributed by atoms with E-state index in [0.29, 0.717) is 6.61 Å². The van der Waals surface area contributed by atoms with Crippen LogP contribution in [0, 0.1) is 0 Å². The number of fused-ring (bicyclic) bond motifs is 1. The topological polar surface area (TPSA) is 77.4 Å². The predicted molar refractivity (Wildman–Crippen MR) is 94.1 cm³/mol. The van der Waals surface area contributed by atoms with E-state index >= 15 is 0 Å². The first-order chi connectivity index (χ1) is 12.2. The van der Waals surface area contributed by atoms with Crippen molar-refractivity contribution in [3.8, 4) is 0 Å². The largest absolute Gasteiger partial charge is 0.387 e. The average Bonchev–Trinajstić information content (AvgIpc) is 2.63. The SMILES string of the molecule is CCCCCCCCCCC[C@@H]1OC[C@H]2O[C@@H](OC)[C@H](O)[C@@H](O)[C@@H]2O1. The Morgan fingerprint density at radius 2 is 1.52 bits per heavy atom. The van der Waals surface area contributed by atoms with Crippen molar-refractivity contribution in [1.82, 2.24) is 0 Å². The quantitative estimate of drug-likeness (QED) is 0.552. The lowest BCUT2D eigenvalue weighted by Crippen LogP contribution is -2.63. The standard InChI is InChI=1S/C19H36O6/c1-3-4-5-6-7-8-9-10-11-12-15-23-13-14-18(25-15)16(20)17(21)19(22-2)24-14/h14-21H,3-13H2,1-2H3/t14-,15-,16-,17-,18-,19-/m1/s1. The minimum absolute atomic E-state index is 0.324. The summed E-state index contributed by atoms with van der Waals surface area (Å²) in [6, 6.07) is 0. The smallest absolute Gasteiger partial charge is 0.186 e. The van der Waals surface area contributed by atoms with Gasteiger partial charge in [-0.05, 0) is 12.8 Å². The van der Waals surface area contributed by atoms with Gasteiger partial charge in [0.2, 0.25) is 0 Å². The molecule has 2 aliphatic rings. The molecular formula is C19H36O6. The average molecular weight is 360 g/mol. The van der Waals surface area contributed by atoms with Crippen LogP contribution in [0.25, 0.3) is 0 Å². The van der Waals surface area contributed by atoms with Gasteiger partial charge in [0.15, 0.2) is 12.6 Å². The first kappa shape index (κ1) is 21.1. The predicted octanol–water partition coefficient (Wildman–Crippen LogP) is 2.74. The maximum Gasteiger partial charge on any atom is 0.186 e. The second-order valence-electron chi connectivity index (χ2n) is 7.24. The Morgan fingerprint density at radius 3 is 2.16 bits per heavy atom. The highest BCUT2D eigenvalue weighted by molar-refractivity contribution is 4.92. The zero-order chi connectivity index (χ0) is 18.1. The van der Waals surface area contributed by atoms with Crippen molar-refractivity contribution in [2.24, 2.45) is 0 Å². The van der Waals surface area contributed by atoms with E-state index in [9.17, 15) is 10.2 Å². The van der Waals surface area contributed by atoms with Gasteiger partial charge in [-0.15, -0.1) is 0 Å². The maximum atomic E-state index is 10.2. The fourth-order valence-corrected chi connectivity index (χ4v) is 3.59. The zero-order valence-electron chi connectivity index (χ0n) is 15.8. The Kier molecular flexibility index (Phi) is 9.66. The molecule has 0 radical (unpaired) electrons. The molecule has 25 heavy (non-hydrogen) atoms. The van der Waals surface area contributed by atoms with Gasteiger partial charge in [0.1, 0.15) is 24.4 Å². The second-order valence-corrected chi connectivity index (χ2v) is 7.24. The molecule has 0 aromatic heterocycles. The summed E-state index contributed by atoms with van der Waals surface area (Å²) in [6.07, 6.45) is 8.08. The van der Waals surface area contributed by atoms with Gasteiger partial charge in [-0.1, -0.05) is 58.3 Å². The van der Waals surface area contributed by atoms with Crippen molar-refractivity contribution in [1.29, 1.82) is 0 Å². The molecular weight excluding hydrogens is 324 g/mol. The van der Waals surface area contributed by atoms with Crippen LogP contribution in [0.1, 0.15) is 71.1 Å².